The molecule has 2 aromatic rings. The maximum atomic E-state index is 13.0. The summed E-state index contributed by atoms with van der Waals surface area (Å²) in [6.07, 6.45) is 0. The lowest BCUT2D eigenvalue weighted by molar-refractivity contribution is 0.414. The molecule has 0 fully saturated rings. The summed E-state index contributed by atoms with van der Waals surface area (Å²) in [4.78, 5) is 0. The van der Waals surface area contributed by atoms with Crippen LogP contribution >= 0.6 is 11.6 Å². The Hall–Kier alpha value is -1.58. The first-order chi connectivity index (χ1) is 9.60. The molecule has 1 N–H and O–H groups in total. The van der Waals surface area contributed by atoms with Crippen molar-refractivity contribution < 1.29 is 9.13 Å². The molecule has 1 atom stereocenters. The smallest absolute Gasteiger partial charge is 0.124 e. The van der Waals surface area contributed by atoms with Gasteiger partial charge in [0.1, 0.15) is 11.6 Å². The summed E-state index contributed by atoms with van der Waals surface area (Å²) >= 11 is 6.05. The molecule has 106 valence electrons. The van der Waals surface area contributed by atoms with Crippen LogP contribution in [0.25, 0.3) is 0 Å². The number of hydrogen-bond acceptors (Lipinski definition) is 2. The Kier molecular flexibility index (Phi) is 4.99. The summed E-state index contributed by atoms with van der Waals surface area (Å²) in [7, 11) is 1.65. The van der Waals surface area contributed by atoms with Gasteiger partial charge >= 0.3 is 0 Å². The minimum atomic E-state index is -0.321. The summed E-state index contributed by atoms with van der Waals surface area (Å²) in [5, 5.41) is 3.80. The van der Waals surface area contributed by atoms with Crippen molar-refractivity contribution in [1.82, 2.24) is 5.32 Å². The minimum absolute atomic E-state index is 0.0364. The highest BCUT2D eigenvalue weighted by Gasteiger charge is 2.10. The monoisotopic (exact) mass is 293 g/mol. The second-order valence-corrected chi connectivity index (χ2v) is 5.03. The van der Waals surface area contributed by atoms with Crippen molar-refractivity contribution in [2.45, 2.75) is 19.5 Å². The molecule has 4 heteroatoms. The molecule has 0 saturated carbocycles. The Morgan fingerprint density at radius 1 is 1.25 bits per heavy atom. The van der Waals surface area contributed by atoms with Crippen molar-refractivity contribution in [3.8, 4) is 5.75 Å². The van der Waals surface area contributed by atoms with Crippen molar-refractivity contribution in [1.29, 1.82) is 0 Å². The van der Waals surface area contributed by atoms with Gasteiger partial charge in [0.25, 0.3) is 0 Å². The van der Waals surface area contributed by atoms with Crippen molar-refractivity contribution in [3.05, 3.63) is 64.4 Å². The Labute approximate surface area is 123 Å². The second kappa shape index (κ2) is 6.73. The zero-order valence-electron chi connectivity index (χ0n) is 11.5. The van der Waals surface area contributed by atoms with E-state index >= 15 is 0 Å². The maximum Gasteiger partial charge on any atom is 0.124 e. The van der Waals surface area contributed by atoms with Gasteiger partial charge in [-0.05, 0) is 42.3 Å². The molecule has 0 radical (unpaired) electrons. The molecule has 0 aromatic heterocycles. The van der Waals surface area contributed by atoms with Crippen molar-refractivity contribution in [3.63, 3.8) is 0 Å². The summed E-state index contributed by atoms with van der Waals surface area (Å²) in [5.41, 5.74) is 2.00. The Morgan fingerprint density at radius 3 is 2.75 bits per heavy atom. The van der Waals surface area contributed by atoms with Crippen LogP contribution < -0.4 is 10.1 Å². The number of benzene rings is 2. The van der Waals surface area contributed by atoms with Crippen LogP contribution in [-0.4, -0.2) is 7.11 Å². The fourth-order valence-electron chi connectivity index (χ4n) is 2.02. The lowest BCUT2D eigenvalue weighted by atomic mass is 10.1. The highest BCUT2D eigenvalue weighted by molar-refractivity contribution is 6.31. The van der Waals surface area contributed by atoms with Crippen LogP contribution in [0.4, 0.5) is 4.39 Å². The molecular weight excluding hydrogens is 277 g/mol. The van der Waals surface area contributed by atoms with E-state index in [9.17, 15) is 4.39 Å². The predicted octanol–water partition coefficient (Wildman–Crippen LogP) is 4.34. The highest BCUT2D eigenvalue weighted by Crippen LogP contribution is 2.24. The van der Waals surface area contributed by atoms with Crippen LogP contribution in [0, 0.1) is 5.82 Å². The van der Waals surface area contributed by atoms with Gasteiger partial charge in [0.15, 0.2) is 0 Å². The molecule has 0 bridgehead atoms. The Balaban J connectivity index is 2.02. The molecule has 2 aromatic carbocycles. The predicted molar refractivity (Wildman–Crippen MR) is 79.7 cm³/mol. The van der Waals surface area contributed by atoms with Gasteiger partial charge in [-0.1, -0.05) is 29.8 Å². The average molecular weight is 294 g/mol. The SMILES string of the molecule is COc1cccc(CNC(C)c2ccc(F)cc2Cl)c1. The maximum absolute atomic E-state index is 13.0. The molecular formula is C16H17ClFNO. The molecule has 0 spiro atoms. The average Bonchev–Trinajstić information content (AvgIpc) is 2.45. The van der Waals surface area contributed by atoms with E-state index in [0.29, 0.717) is 11.6 Å². The van der Waals surface area contributed by atoms with E-state index in [1.54, 1.807) is 13.2 Å². The van der Waals surface area contributed by atoms with E-state index in [1.807, 2.05) is 31.2 Å². The molecule has 2 nitrogen and oxygen atoms in total. The zero-order valence-corrected chi connectivity index (χ0v) is 12.2. The highest BCUT2D eigenvalue weighted by atomic mass is 35.5. The first-order valence-electron chi connectivity index (χ1n) is 6.41. The molecule has 2 rings (SSSR count). The number of halogens is 2. The minimum Gasteiger partial charge on any atom is -0.497 e. The van der Waals surface area contributed by atoms with Gasteiger partial charge in [-0.2, -0.15) is 0 Å². The summed E-state index contributed by atoms with van der Waals surface area (Å²) in [6, 6.07) is 12.4. The number of hydrogen-bond donors (Lipinski definition) is 1. The van der Waals surface area contributed by atoms with E-state index in [1.165, 1.54) is 12.1 Å². The third kappa shape index (κ3) is 3.71. The number of methoxy groups -OCH3 is 1. The molecule has 0 aliphatic carbocycles. The number of rotatable bonds is 5. The lowest BCUT2D eigenvalue weighted by Gasteiger charge is -2.16. The van der Waals surface area contributed by atoms with Gasteiger partial charge < -0.3 is 10.1 Å². The van der Waals surface area contributed by atoms with Gasteiger partial charge in [0, 0.05) is 17.6 Å². The topological polar surface area (TPSA) is 21.3 Å². The summed E-state index contributed by atoms with van der Waals surface area (Å²) in [5.74, 6) is 0.510. The Morgan fingerprint density at radius 2 is 2.05 bits per heavy atom. The largest absolute Gasteiger partial charge is 0.497 e. The van der Waals surface area contributed by atoms with E-state index < -0.39 is 0 Å². The lowest BCUT2D eigenvalue weighted by Crippen LogP contribution is -2.18. The van der Waals surface area contributed by atoms with Crippen LogP contribution in [0.1, 0.15) is 24.1 Å². The first-order valence-corrected chi connectivity index (χ1v) is 6.79. The van der Waals surface area contributed by atoms with E-state index in [-0.39, 0.29) is 11.9 Å². The molecule has 0 saturated heterocycles. The van der Waals surface area contributed by atoms with Crippen molar-refractivity contribution in [2.75, 3.05) is 7.11 Å². The summed E-state index contributed by atoms with van der Waals surface area (Å²) in [6.45, 7) is 2.69. The van der Waals surface area contributed by atoms with Gasteiger partial charge in [0.2, 0.25) is 0 Å². The number of nitrogens with one attached hydrogen (secondary N) is 1. The van der Waals surface area contributed by atoms with Gasteiger partial charge in [-0.15, -0.1) is 0 Å². The molecule has 0 aliphatic heterocycles. The van der Waals surface area contributed by atoms with Crippen molar-refractivity contribution in [2.24, 2.45) is 0 Å². The fourth-order valence-corrected chi connectivity index (χ4v) is 2.35. The third-order valence-electron chi connectivity index (χ3n) is 3.18. The van der Waals surface area contributed by atoms with Gasteiger partial charge in [-0.3, -0.25) is 0 Å². The van der Waals surface area contributed by atoms with Crippen LogP contribution in [0.3, 0.4) is 0 Å². The van der Waals surface area contributed by atoms with E-state index in [4.69, 9.17) is 16.3 Å². The van der Waals surface area contributed by atoms with E-state index in [2.05, 4.69) is 5.32 Å². The Bertz CT molecular complexity index is 588. The summed E-state index contributed by atoms with van der Waals surface area (Å²) < 4.78 is 18.2. The van der Waals surface area contributed by atoms with E-state index in [0.717, 1.165) is 16.9 Å². The van der Waals surface area contributed by atoms with Crippen LogP contribution in [0.15, 0.2) is 42.5 Å². The molecule has 0 aliphatic rings. The fraction of sp³-hybridized carbons (Fsp3) is 0.250. The third-order valence-corrected chi connectivity index (χ3v) is 3.50. The zero-order chi connectivity index (χ0) is 14.5. The molecule has 1 unspecified atom stereocenters. The van der Waals surface area contributed by atoms with Crippen LogP contribution in [0.5, 0.6) is 5.75 Å². The van der Waals surface area contributed by atoms with Crippen LogP contribution in [0.2, 0.25) is 5.02 Å². The number of ether oxygens (including phenoxy) is 1. The van der Waals surface area contributed by atoms with Crippen molar-refractivity contribution >= 4 is 11.6 Å². The normalized spacial score (nSPS) is 12.2. The molecule has 20 heavy (non-hydrogen) atoms. The first kappa shape index (κ1) is 14.8. The van der Waals surface area contributed by atoms with Gasteiger partial charge in [-0.25, -0.2) is 4.39 Å². The quantitative estimate of drug-likeness (QED) is 0.885. The molecule has 0 heterocycles. The van der Waals surface area contributed by atoms with Crippen LogP contribution in [-0.2, 0) is 6.54 Å². The second-order valence-electron chi connectivity index (χ2n) is 4.62. The van der Waals surface area contributed by atoms with Gasteiger partial charge in [0.05, 0.1) is 7.11 Å². The standard InChI is InChI=1S/C16H17ClFNO/c1-11(15-7-6-13(18)9-16(15)17)19-10-12-4-3-5-14(8-12)20-2/h3-9,11,19H,10H2,1-2H3. The molecule has 0 amide bonds.